The molecule has 1 saturated heterocycles. The van der Waals surface area contributed by atoms with Gasteiger partial charge in [-0.2, -0.15) is 0 Å². The molecule has 0 aromatic heterocycles. The molecule has 0 aromatic rings. The van der Waals surface area contributed by atoms with E-state index >= 15 is 0 Å². The molecule has 1 heterocycles. The number of piperidine rings is 1. The largest absolute Gasteiger partial charge is 0.481 e. The van der Waals surface area contributed by atoms with Gasteiger partial charge in [-0.1, -0.05) is 13.3 Å². The number of nitrogens with one attached hydrogen (secondary N) is 1. The van der Waals surface area contributed by atoms with E-state index in [0.29, 0.717) is 38.5 Å². The smallest absolute Gasteiger partial charge is 0.306 e. The number of carbonyl (C=O) groups is 2. The maximum absolute atomic E-state index is 12.0. The summed E-state index contributed by atoms with van der Waals surface area (Å²) in [6.07, 6.45) is 4.82. The van der Waals surface area contributed by atoms with Gasteiger partial charge in [0.15, 0.2) is 0 Å². The van der Waals surface area contributed by atoms with Crippen LogP contribution in [-0.4, -0.2) is 47.6 Å². The Labute approximate surface area is 114 Å². The lowest BCUT2D eigenvalue weighted by Crippen LogP contribution is -2.44. The number of amides is 1. The summed E-state index contributed by atoms with van der Waals surface area (Å²) < 4.78 is 0. The predicted octanol–water partition coefficient (Wildman–Crippen LogP) is 1.09. The molecule has 1 aliphatic carbocycles. The second-order valence-electron chi connectivity index (χ2n) is 5.77. The van der Waals surface area contributed by atoms with Gasteiger partial charge >= 0.3 is 5.97 Å². The van der Waals surface area contributed by atoms with Gasteiger partial charge in [0.1, 0.15) is 0 Å². The molecule has 0 spiro atoms. The molecule has 1 aliphatic heterocycles. The van der Waals surface area contributed by atoms with Gasteiger partial charge in [0.25, 0.3) is 0 Å². The summed E-state index contributed by atoms with van der Waals surface area (Å²) in [5, 5.41) is 12.2. The van der Waals surface area contributed by atoms with Gasteiger partial charge in [-0.05, 0) is 31.6 Å². The fourth-order valence-electron chi connectivity index (χ4n) is 2.89. The molecule has 1 amide bonds. The van der Waals surface area contributed by atoms with Crippen molar-refractivity contribution in [2.45, 2.75) is 45.1 Å². The molecule has 0 aromatic carbocycles. The summed E-state index contributed by atoms with van der Waals surface area (Å²) in [7, 11) is 0. The number of likely N-dealkylation sites (tertiary alicyclic amines) is 1. The molecule has 2 atom stereocenters. The highest BCUT2D eigenvalue weighted by Crippen LogP contribution is 2.34. The van der Waals surface area contributed by atoms with Crippen LogP contribution in [0.15, 0.2) is 0 Å². The number of rotatable bonds is 6. The normalized spacial score (nSPS) is 27.3. The van der Waals surface area contributed by atoms with E-state index in [1.54, 1.807) is 4.90 Å². The second kappa shape index (κ2) is 6.37. The third kappa shape index (κ3) is 3.93. The van der Waals surface area contributed by atoms with Gasteiger partial charge in [-0.3, -0.25) is 9.59 Å². The zero-order valence-electron chi connectivity index (χ0n) is 11.6. The van der Waals surface area contributed by atoms with Gasteiger partial charge in [-0.25, -0.2) is 0 Å². The second-order valence-corrected chi connectivity index (χ2v) is 5.77. The maximum Gasteiger partial charge on any atom is 0.306 e. The Bertz CT molecular complexity index is 338. The van der Waals surface area contributed by atoms with Gasteiger partial charge in [0, 0.05) is 19.1 Å². The highest BCUT2D eigenvalue weighted by Gasteiger charge is 2.36. The van der Waals surface area contributed by atoms with Crippen molar-refractivity contribution < 1.29 is 14.7 Å². The Balaban J connectivity index is 1.64. The Kier molecular flexibility index (Phi) is 4.80. The molecule has 19 heavy (non-hydrogen) atoms. The minimum absolute atomic E-state index is 0.117. The monoisotopic (exact) mass is 268 g/mol. The van der Waals surface area contributed by atoms with Gasteiger partial charge < -0.3 is 15.3 Å². The Hall–Kier alpha value is -1.10. The van der Waals surface area contributed by atoms with E-state index in [-0.39, 0.29) is 11.8 Å². The summed E-state index contributed by atoms with van der Waals surface area (Å²) in [4.78, 5) is 24.6. The average Bonchev–Trinajstić information content (AvgIpc) is 3.15. The van der Waals surface area contributed by atoms with Crippen LogP contribution in [0.5, 0.6) is 0 Å². The third-order valence-electron chi connectivity index (χ3n) is 4.29. The number of carboxylic acids is 1. The molecule has 5 nitrogen and oxygen atoms in total. The van der Waals surface area contributed by atoms with Crippen molar-refractivity contribution in [1.82, 2.24) is 10.2 Å². The lowest BCUT2D eigenvalue weighted by atomic mass is 9.97. The Morgan fingerprint density at radius 2 is 2.00 bits per heavy atom. The van der Waals surface area contributed by atoms with Crippen LogP contribution in [-0.2, 0) is 9.59 Å². The van der Waals surface area contributed by atoms with Crippen molar-refractivity contribution in [1.29, 1.82) is 0 Å². The van der Waals surface area contributed by atoms with Gasteiger partial charge in [0.05, 0.1) is 12.5 Å². The zero-order valence-corrected chi connectivity index (χ0v) is 11.6. The first-order valence-electron chi connectivity index (χ1n) is 7.35. The molecule has 1 saturated carbocycles. The third-order valence-corrected chi connectivity index (χ3v) is 4.29. The zero-order chi connectivity index (χ0) is 13.8. The van der Waals surface area contributed by atoms with Crippen molar-refractivity contribution >= 4 is 11.9 Å². The van der Waals surface area contributed by atoms with E-state index in [2.05, 4.69) is 12.2 Å². The number of aliphatic carboxylic acids is 1. The number of hydrogen-bond acceptors (Lipinski definition) is 3. The SMILES string of the molecule is CCCC1CC1NCC(=O)N1CCC(C(=O)O)CC1. The predicted molar refractivity (Wildman–Crippen MR) is 71.7 cm³/mol. The van der Waals surface area contributed by atoms with E-state index in [0.717, 1.165) is 5.92 Å². The van der Waals surface area contributed by atoms with Crippen molar-refractivity contribution in [3.05, 3.63) is 0 Å². The van der Waals surface area contributed by atoms with Crippen molar-refractivity contribution in [2.75, 3.05) is 19.6 Å². The van der Waals surface area contributed by atoms with Crippen LogP contribution in [0.1, 0.15) is 39.0 Å². The van der Waals surface area contributed by atoms with Crippen LogP contribution < -0.4 is 5.32 Å². The molecule has 2 aliphatic rings. The molecule has 0 radical (unpaired) electrons. The number of carboxylic acid groups (broad SMARTS) is 1. The van der Waals surface area contributed by atoms with Crippen molar-refractivity contribution in [3.8, 4) is 0 Å². The van der Waals surface area contributed by atoms with Gasteiger partial charge in [-0.15, -0.1) is 0 Å². The topological polar surface area (TPSA) is 69.6 Å². The highest BCUT2D eigenvalue weighted by molar-refractivity contribution is 5.79. The van der Waals surface area contributed by atoms with E-state index in [1.165, 1.54) is 19.3 Å². The minimum atomic E-state index is -0.731. The van der Waals surface area contributed by atoms with Crippen LogP contribution in [0, 0.1) is 11.8 Å². The molecular formula is C14H24N2O3. The number of hydrogen-bond donors (Lipinski definition) is 2. The van der Waals surface area contributed by atoms with Crippen LogP contribution in [0.2, 0.25) is 0 Å². The number of carbonyl (C=O) groups excluding carboxylic acids is 1. The Morgan fingerprint density at radius 3 is 2.58 bits per heavy atom. The summed E-state index contributed by atoms with van der Waals surface area (Å²) in [5.41, 5.74) is 0. The van der Waals surface area contributed by atoms with Crippen molar-refractivity contribution in [3.63, 3.8) is 0 Å². The van der Waals surface area contributed by atoms with E-state index in [1.807, 2.05) is 0 Å². The molecule has 0 bridgehead atoms. The van der Waals surface area contributed by atoms with Crippen LogP contribution in [0.3, 0.4) is 0 Å². The lowest BCUT2D eigenvalue weighted by Gasteiger charge is -2.30. The Morgan fingerprint density at radius 1 is 1.32 bits per heavy atom. The van der Waals surface area contributed by atoms with E-state index in [9.17, 15) is 9.59 Å². The summed E-state index contributed by atoms with van der Waals surface area (Å²) >= 11 is 0. The summed E-state index contributed by atoms with van der Waals surface area (Å²) in [5.74, 6) is -0.124. The van der Waals surface area contributed by atoms with Crippen LogP contribution >= 0.6 is 0 Å². The van der Waals surface area contributed by atoms with E-state index in [4.69, 9.17) is 5.11 Å². The molecule has 2 N–H and O–H groups in total. The fourth-order valence-corrected chi connectivity index (χ4v) is 2.89. The standard InChI is InChI=1S/C14H24N2O3/c1-2-3-11-8-12(11)15-9-13(17)16-6-4-10(5-7-16)14(18)19/h10-12,15H,2-9H2,1H3,(H,18,19). The first-order chi connectivity index (χ1) is 9.11. The first-order valence-corrected chi connectivity index (χ1v) is 7.35. The molecule has 108 valence electrons. The molecular weight excluding hydrogens is 244 g/mol. The minimum Gasteiger partial charge on any atom is -0.481 e. The highest BCUT2D eigenvalue weighted by atomic mass is 16.4. The average molecular weight is 268 g/mol. The quantitative estimate of drug-likeness (QED) is 0.756. The maximum atomic E-state index is 12.0. The van der Waals surface area contributed by atoms with Crippen molar-refractivity contribution in [2.24, 2.45) is 11.8 Å². The fraction of sp³-hybridized carbons (Fsp3) is 0.857. The molecule has 2 fully saturated rings. The molecule has 2 unspecified atom stereocenters. The molecule has 5 heteroatoms. The summed E-state index contributed by atoms with van der Waals surface area (Å²) in [6.45, 7) is 3.76. The lowest BCUT2D eigenvalue weighted by molar-refractivity contribution is -0.145. The van der Waals surface area contributed by atoms with E-state index < -0.39 is 5.97 Å². The van der Waals surface area contributed by atoms with Gasteiger partial charge in [0.2, 0.25) is 5.91 Å². The summed E-state index contributed by atoms with van der Waals surface area (Å²) in [6, 6.07) is 0.528. The van der Waals surface area contributed by atoms with Crippen LogP contribution in [0.25, 0.3) is 0 Å². The number of nitrogens with zero attached hydrogens (tertiary/aromatic N) is 1. The first kappa shape index (κ1) is 14.3. The molecule has 2 rings (SSSR count). The van der Waals surface area contributed by atoms with Crippen LogP contribution in [0.4, 0.5) is 0 Å².